The van der Waals surface area contributed by atoms with Crippen LogP contribution in [-0.4, -0.2) is 22.2 Å². The largest absolute Gasteiger partial charge is 0.545 e. The molecule has 0 aliphatic heterocycles. The molecule has 0 bridgehead atoms. The molecule has 2 N–H and O–H groups in total. The number of hydrazone groups is 1. The predicted octanol–water partition coefficient (Wildman–Crippen LogP) is 1.34. The van der Waals surface area contributed by atoms with E-state index < -0.39 is 10.9 Å². The number of nitrogens with one attached hydrogen (secondary N) is 2. The molecule has 0 unspecified atom stereocenters. The zero-order chi connectivity index (χ0) is 16.8. The van der Waals surface area contributed by atoms with Crippen LogP contribution in [0.4, 0.5) is 10.7 Å². The second-order valence-corrected chi connectivity index (χ2v) is 5.63. The van der Waals surface area contributed by atoms with Crippen LogP contribution >= 0.6 is 23.6 Å². The minimum Gasteiger partial charge on any atom is -0.545 e. The van der Waals surface area contributed by atoms with Crippen molar-refractivity contribution in [2.45, 2.75) is 0 Å². The first-order valence-electron chi connectivity index (χ1n) is 6.11. The molecule has 10 heteroatoms. The predicted molar refractivity (Wildman–Crippen MR) is 88.7 cm³/mol. The zero-order valence-electron chi connectivity index (χ0n) is 11.4. The van der Waals surface area contributed by atoms with Crippen molar-refractivity contribution in [1.82, 2.24) is 5.43 Å². The van der Waals surface area contributed by atoms with E-state index in [-0.39, 0.29) is 15.7 Å². The maximum Gasteiger partial charge on any atom is 0.324 e. The molecule has 1 heterocycles. The third-order valence-electron chi connectivity index (χ3n) is 2.51. The van der Waals surface area contributed by atoms with Crippen molar-refractivity contribution >= 4 is 51.5 Å². The van der Waals surface area contributed by atoms with Crippen LogP contribution in [0.15, 0.2) is 41.5 Å². The minimum absolute atomic E-state index is 0.0197. The number of hydrogen-bond acceptors (Lipinski definition) is 7. The van der Waals surface area contributed by atoms with Gasteiger partial charge in [-0.05, 0) is 36.0 Å². The molecule has 0 spiro atoms. The third-order valence-corrected chi connectivity index (χ3v) is 3.67. The van der Waals surface area contributed by atoms with E-state index in [9.17, 15) is 20.0 Å². The van der Waals surface area contributed by atoms with E-state index in [1.165, 1.54) is 24.4 Å². The Bertz CT molecular complexity index is 788. The topological polar surface area (TPSA) is 120 Å². The summed E-state index contributed by atoms with van der Waals surface area (Å²) in [5, 5.41) is 28.1. The molecular weight excluding hydrogens is 340 g/mol. The van der Waals surface area contributed by atoms with Gasteiger partial charge in [-0.2, -0.15) is 5.10 Å². The summed E-state index contributed by atoms with van der Waals surface area (Å²) < 4.78 is 0. The number of carboxylic acids is 1. The molecule has 0 atom stereocenters. The van der Waals surface area contributed by atoms with Crippen molar-refractivity contribution < 1.29 is 14.8 Å². The van der Waals surface area contributed by atoms with Crippen molar-refractivity contribution in [3.05, 3.63) is 57.0 Å². The lowest BCUT2D eigenvalue weighted by Crippen LogP contribution is -2.25. The molecule has 118 valence electrons. The van der Waals surface area contributed by atoms with E-state index in [2.05, 4.69) is 15.8 Å². The highest BCUT2D eigenvalue weighted by molar-refractivity contribution is 7.80. The first kappa shape index (κ1) is 16.5. The fourth-order valence-electron chi connectivity index (χ4n) is 1.55. The molecule has 2 rings (SSSR count). The van der Waals surface area contributed by atoms with Crippen molar-refractivity contribution in [1.29, 1.82) is 0 Å². The zero-order valence-corrected chi connectivity index (χ0v) is 13.0. The Morgan fingerprint density at radius 3 is 2.78 bits per heavy atom. The van der Waals surface area contributed by atoms with Gasteiger partial charge in [0.1, 0.15) is 0 Å². The average Bonchev–Trinajstić information content (AvgIpc) is 2.96. The van der Waals surface area contributed by atoms with Crippen molar-refractivity contribution in [3.63, 3.8) is 0 Å². The van der Waals surface area contributed by atoms with Crippen LogP contribution in [-0.2, 0) is 0 Å². The summed E-state index contributed by atoms with van der Waals surface area (Å²) in [6.07, 6.45) is 1.39. The lowest BCUT2D eigenvalue weighted by atomic mass is 10.2. The Labute approximate surface area is 139 Å². The van der Waals surface area contributed by atoms with Crippen LogP contribution in [0.5, 0.6) is 0 Å². The number of thiocarbonyl (C=S) groups is 1. The lowest BCUT2D eigenvalue weighted by molar-refractivity contribution is -0.380. The number of anilines is 1. The van der Waals surface area contributed by atoms with Gasteiger partial charge in [0.05, 0.1) is 22.0 Å². The molecule has 0 aliphatic carbocycles. The van der Waals surface area contributed by atoms with Gasteiger partial charge >= 0.3 is 5.00 Å². The van der Waals surface area contributed by atoms with E-state index in [0.29, 0.717) is 10.6 Å². The molecule has 0 fully saturated rings. The highest BCUT2D eigenvalue weighted by Gasteiger charge is 2.07. The molecule has 0 saturated carbocycles. The Hall–Kier alpha value is -2.85. The first-order chi connectivity index (χ1) is 11.0. The molecule has 2 aromatic rings. The quantitative estimate of drug-likeness (QED) is 0.362. The van der Waals surface area contributed by atoms with Crippen molar-refractivity contribution in [3.8, 4) is 0 Å². The van der Waals surface area contributed by atoms with E-state index in [4.69, 9.17) is 12.2 Å². The Kier molecular flexibility index (Phi) is 5.33. The summed E-state index contributed by atoms with van der Waals surface area (Å²) in [5.74, 6) is -1.29. The van der Waals surface area contributed by atoms with Gasteiger partial charge in [0.25, 0.3) is 0 Å². The summed E-state index contributed by atoms with van der Waals surface area (Å²) in [6, 6.07) is 8.90. The second-order valence-electron chi connectivity index (χ2n) is 4.13. The lowest BCUT2D eigenvalue weighted by Gasteiger charge is -2.09. The fourth-order valence-corrected chi connectivity index (χ4v) is 2.41. The van der Waals surface area contributed by atoms with E-state index >= 15 is 0 Å². The smallest absolute Gasteiger partial charge is 0.324 e. The van der Waals surface area contributed by atoms with Crippen LogP contribution < -0.4 is 15.8 Å². The summed E-state index contributed by atoms with van der Waals surface area (Å²) in [7, 11) is 0. The fraction of sp³-hybridized carbons (Fsp3) is 0. The van der Waals surface area contributed by atoms with Crippen LogP contribution in [0, 0.1) is 10.1 Å². The summed E-state index contributed by atoms with van der Waals surface area (Å²) in [5.41, 5.74) is 3.01. The maximum absolute atomic E-state index is 10.8. The van der Waals surface area contributed by atoms with Gasteiger partial charge in [-0.3, -0.25) is 15.5 Å². The van der Waals surface area contributed by atoms with Gasteiger partial charge in [0, 0.05) is 11.8 Å². The van der Waals surface area contributed by atoms with Crippen molar-refractivity contribution in [2.24, 2.45) is 5.10 Å². The summed E-state index contributed by atoms with van der Waals surface area (Å²) in [6.45, 7) is 0. The molecule has 0 radical (unpaired) electrons. The normalized spacial score (nSPS) is 10.4. The second kappa shape index (κ2) is 7.42. The molecule has 1 aromatic heterocycles. The van der Waals surface area contributed by atoms with Gasteiger partial charge in [-0.15, -0.1) is 0 Å². The minimum atomic E-state index is -1.29. The maximum atomic E-state index is 10.8. The van der Waals surface area contributed by atoms with Gasteiger partial charge in [-0.25, -0.2) is 0 Å². The SMILES string of the molecule is O=C([O-])c1cccc(NC(=S)N/N=C\c2ccc([N+](=O)[O-])s2)c1. The van der Waals surface area contributed by atoms with Crippen LogP contribution in [0.2, 0.25) is 0 Å². The molecule has 0 amide bonds. The molecular formula is C13H9N4O4S2-. The van der Waals surface area contributed by atoms with Gasteiger partial charge in [0.15, 0.2) is 5.11 Å². The van der Waals surface area contributed by atoms with Crippen LogP contribution in [0.25, 0.3) is 0 Å². The first-order valence-corrected chi connectivity index (χ1v) is 7.34. The molecule has 8 nitrogen and oxygen atoms in total. The number of nitrogens with zero attached hydrogens (tertiary/aromatic N) is 2. The van der Waals surface area contributed by atoms with Crippen LogP contribution in [0.1, 0.15) is 15.2 Å². The van der Waals surface area contributed by atoms with E-state index in [1.807, 2.05) is 0 Å². The number of hydrogen-bond donors (Lipinski definition) is 2. The third kappa shape index (κ3) is 4.83. The van der Waals surface area contributed by atoms with E-state index in [0.717, 1.165) is 11.3 Å². The number of nitro groups is 1. The number of thiophene rings is 1. The summed E-state index contributed by atoms with van der Waals surface area (Å²) >= 11 is 5.98. The van der Waals surface area contributed by atoms with Crippen molar-refractivity contribution in [2.75, 3.05) is 5.32 Å². The summed E-state index contributed by atoms with van der Waals surface area (Å²) in [4.78, 5) is 21.4. The standard InChI is InChI=1S/C13H10N4O4S2/c18-12(19)8-2-1-3-9(6-8)15-13(22)16-14-7-10-4-5-11(23-10)17(20)21/h1-7H,(H,18,19)(H2,15,16,22)/p-1/b14-7-. The molecule has 23 heavy (non-hydrogen) atoms. The highest BCUT2D eigenvalue weighted by Crippen LogP contribution is 2.22. The van der Waals surface area contributed by atoms with Gasteiger partial charge < -0.3 is 15.2 Å². The average molecular weight is 349 g/mol. The number of carbonyl (C=O) groups is 1. The number of benzene rings is 1. The number of carboxylic acid groups (broad SMARTS) is 1. The number of carbonyl (C=O) groups excluding carboxylic acids is 1. The Morgan fingerprint density at radius 1 is 1.35 bits per heavy atom. The molecule has 0 aliphatic rings. The van der Waals surface area contributed by atoms with Gasteiger partial charge in [-0.1, -0.05) is 23.5 Å². The Morgan fingerprint density at radius 2 is 2.13 bits per heavy atom. The Balaban J connectivity index is 1.91. The highest BCUT2D eigenvalue weighted by atomic mass is 32.1. The van der Waals surface area contributed by atoms with E-state index in [1.54, 1.807) is 18.2 Å². The molecule has 1 aromatic carbocycles. The molecule has 0 saturated heterocycles. The number of rotatable bonds is 5. The van der Waals surface area contributed by atoms with Gasteiger partial charge in [0.2, 0.25) is 0 Å². The number of aromatic carboxylic acids is 1. The van der Waals surface area contributed by atoms with Crippen LogP contribution in [0.3, 0.4) is 0 Å². The monoisotopic (exact) mass is 349 g/mol.